The standard InChI is InChI=1S/C13H17N3O3/c1-8-7-9(19-2)3-4-10(8)15-13(18)16-11-5-6-14-12(11)17/h3-4,7,11H,5-6H2,1-2H3,(H,14,17)(H2,15,16,18). The Balaban J connectivity index is 1.97. The molecule has 1 aromatic rings. The first-order valence-electron chi connectivity index (χ1n) is 6.10. The van der Waals surface area contributed by atoms with Crippen LogP contribution in [0.5, 0.6) is 5.75 Å². The van der Waals surface area contributed by atoms with Crippen molar-refractivity contribution in [3.05, 3.63) is 23.8 Å². The van der Waals surface area contributed by atoms with Crippen LogP contribution in [0.25, 0.3) is 0 Å². The van der Waals surface area contributed by atoms with Crippen LogP contribution in [0.1, 0.15) is 12.0 Å². The van der Waals surface area contributed by atoms with Gasteiger partial charge in [-0.25, -0.2) is 4.79 Å². The molecule has 1 saturated heterocycles. The van der Waals surface area contributed by atoms with Crippen molar-refractivity contribution in [2.24, 2.45) is 0 Å². The summed E-state index contributed by atoms with van der Waals surface area (Å²) in [7, 11) is 1.59. The molecule has 102 valence electrons. The number of aryl methyl sites for hydroxylation is 1. The molecule has 1 fully saturated rings. The number of methoxy groups -OCH3 is 1. The summed E-state index contributed by atoms with van der Waals surface area (Å²) in [6.07, 6.45) is 0.619. The van der Waals surface area contributed by atoms with Gasteiger partial charge in [0.15, 0.2) is 0 Å². The second-order valence-electron chi connectivity index (χ2n) is 4.41. The van der Waals surface area contributed by atoms with Crippen LogP contribution in [0.15, 0.2) is 18.2 Å². The summed E-state index contributed by atoms with van der Waals surface area (Å²) in [5.41, 5.74) is 1.59. The van der Waals surface area contributed by atoms with Crippen LogP contribution in [-0.4, -0.2) is 31.6 Å². The second-order valence-corrected chi connectivity index (χ2v) is 4.41. The van der Waals surface area contributed by atoms with Gasteiger partial charge in [-0.15, -0.1) is 0 Å². The Kier molecular flexibility index (Phi) is 3.89. The van der Waals surface area contributed by atoms with Crippen molar-refractivity contribution in [3.63, 3.8) is 0 Å². The number of urea groups is 1. The van der Waals surface area contributed by atoms with Gasteiger partial charge in [-0.3, -0.25) is 4.79 Å². The molecule has 19 heavy (non-hydrogen) atoms. The van der Waals surface area contributed by atoms with Gasteiger partial charge in [-0.1, -0.05) is 0 Å². The third-order valence-electron chi connectivity index (χ3n) is 3.04. The fourth-order valence-corrected chi connectivity index (χ4v) is 1.95. The molecule has 0 spiro atoms. The van der Waals surface area contributed by atoms with E-state index in [4.69, 9.17) is 4.74 Å². The maximum atomic E-state index is 11.8. The second kappa shape index (κ2) is 5.60. The van der Waals surface area contributed by atoms with Gasteiger partial charge in [-0.05, 0) is 37.1 Å². The highest BCUT2D eigenvalue weighted by atomic mass is 16.5. The molecule has 1 heterocycles. The average Bonchev–Trinajstić information content (AvgIpc) is 2.77. The number of anilines is 1. The SMILES string of the molecule is COc1ccc(NC(=O)NC2CCNC2=O)c(C)c1. The highest BCUT2D eigenvalue weighted by molar-refractivity contribution is 5.94. The lowest BCUT2D eigenvalue weighted by atomic mass is 10.2. The van der Waals surface area contributed by atoms with E-state index in [-0.39, 0.29) is 11.9 Å². The normalized spacial score (nSPS) is 17.8. The highest BCUT2D eigenvalue weighted by Crippen LogP contribution is 2.20. The van der Waals surface area contributed by atoms with Crippen molar-refractivity contribution < 1.29 is 14.3 Å². The summed E-state index contributed by atoms with van der Waals surface area (Å²) >= 11 is 0. The first kappa shape index (κ1) is 13.2. The van der Waals surface area contributed by atoms with Crippen molar-refractivity contribution in [2.75, 3.05) is 19.0 Å². The summed E-state index contributed by atoms with van der Waals surface area (Å²) in [5.74, 6) is 0.597. The molecule has 0 saturated carbocycles. The Morgan fingerprint density at radius 2 is 2.26 bits per heavy atom. The van der Waals surface area contributed by atoms with Crippen LogP contribution in [0.2, 0.25) is 0 Å². The Morgan fingerprint density at radius 1 is 1.47 bits per heavy atom. The molecule has 3 N–H and O–H groups in total. The monoisotopic (exact) mass is 263 g/mol. The Labute approximate surface area is 111 Å². The maximum absolute atomic E-state index is 11.8. The van der Waals surface area contributed by atoms with E-state index in [1.807, 2.05) is 13.0 Å². The van der Waals surface area contributed by atoms with Crippen LogP contribution in [-0.2, 0) is 4.79 Å². The van der Waals surface area contributed by atoms with E-state index in [1.54, 1.807) is 19.2 Å². The predicted octanol–water partition coefficient (Wildman–Crippen LogP) is 1.01. The van der Waals surface area contributed by atoms with E-state index in [0.717, 1.165) is 11.3 Å². The topological polar surface area (TPSA) is 79.5 Å². The quantitative estimate of drug-likeness (QED) is 0.761. The molecule has 6 nitrogen and oxygen atoms in total. The van der Waals surface area contributed by atoms with Crippen molar-refractivity contribution >= 4 is 17.6 Å². The number of carbonyl (C=O) groups excluding carboxylic acids is 2. The van der Waals surface area contributed by atoms with Gasteiger partial charge in [0.25, 0.3) is 0 Å². The minimum absolute atomic E-state index is 0.137. The Hall–Kier alpha value is -2.24. The molecular weight excluding hydrogens is 246 g/mol. The third-order valence-corrected chi connectivity index (χ3v) is 3.04. The summed E-state index contributed by atoms with van der Waals surface area (Å²) in [6.45, 7) is 2.48. The van der Waals surface area contributed by atoms with E-state index in [2.05, 4.69) is 16.0 Å². The number of carbonyl (C=O) groups is 2. The molecule has 1 aliphatic heterocycles. The number of nitrogens with one attached hydrogen (secondary N) is 3. The molecule has 2 rings (SSSR count). The van der Waals surface area contributed by atoms with Crippen molar-refractivity contribution in [2.45, 2.75) is 19.4 Å². The van der Waals surface area contributed by atoms with E-state index in [0.29, 0.717) is 18.7 Å². The van der Waals surface area contributed by atoms with Crippen LogP contribution >= 0.6 is 0 Å². The van der Waals surface area contributed by atoms with Gasteiger partial charge in [-0.2, -0.15) is 0 Å². The summed E-state index contributed by atoms with van der Waals surface area (Å²) in [6, 6.07) is 4.54. The van der Waals surface area contributed by atoms with Gasteiger partial charge in [0.1, 0.15) is 11.8 Å². The number of amides is 3. The number of hydrogen-bond acceptors (Lipinski definition) is 3. The highest BCUT2D eigenvalue weighted by Gasteiger charge is 2.25. The molecule has 1 unspecified atom stereocenters. The smallest absolute Gasteiger partial charge is 0.319 e. The number of hydrogen-bond donors (Lipinski definition) is 3. The average molecular weight is 263 g/mol. The van der Waals surface area contributed by atoms with Crippen molar-refractivity contribution in [1.29, 1.82) is 0 Å². The van der Waals surface area contributed by atoms with E-state index in [9.17, 15) is 9.59 Å². The van der Waals surface area contributed by atoms with Gasteiger partial charge < -0.3 is 20.7 Å². The van der Waals surface area contributed by atoms with E-state index >= 15 is 0 Å². The summed E-state index contributed by atoms with van der Waals surface area (Å²) < 4.78 is 5.10. The van der Waals surface area contributed by atoms with Crippen LogP contribution in [0, 0.1) is 6.92 Å². The van der Waals surface area contributed by atoms with Gasteiger partial charge in [0.05, 0.1) is 7.11 Å². The fraction of sp³-hybridized carbons (Fsp3) is 0.385. The van der Waals surface area contributed by atoms with Gasteiger partial charge >= 0.3 is 6.03 Å². The molecule has 0 aromatic heterocycles. The number of rotatable bonds is 3. The zero-order chi connectivity index (χ0) is 13.8. The Bertz CT molecular complexity index is 502. The zero-order valence-corrected chi connectivity index (χ0v) is 10.9. The first-order chi connectivity index (χ1) is 9.10. The third kappa shape index (κ3) is 3.15. The number of ether oxygens (including phenoxy) is 1. The molecule has 1 aliphatic rings. The summed E-state index contributed by atoms with van der Waals surface area (Å²) in [5, 5.41) is 8.03. The summed E-state index contributed by atoms with van der Waals surface area (Å²) in [4.78, 5) is 23.1. The minimum atomic E-state index is -0.446. The molecule has 3 amide bonds. The van der Waals surface area contributed by atoms with Crippen LogP contribution < -0.4 is 20.7 Å². The first-order valence-corrected chi connectivity index (χ1v) is 6.10. The Morgan fingerprint density at radius 3 is 2.84 bits per heavy atom. The zero-order valence-electron chi connectivity index (χ0n) is 10.9. The molecule has 0 bridgehead atoms. The minimum Gasteiger partial charge on any atom is -0.497 e. The van der Waals surface area contributed by atoms with E-state index in [1.165, 1.54) is 0 Å². The lowest BCUT2D eigenvalue weighted by Crippen LogP contribution is -2.42. The van der Waals surface area contributed by atoms with Gasteiger partial charge in [0.2, 0.25) is 5.91 Å². The molecule has 1 atom stereocenters. The van der Waals surface area contributed by atoms with Crippen LogP contribution in [0.3, 0.4) is 0 Å². The van der Waals surface area contributed by atoms with Crippen LogP contribution in [0.4, 0.5) is 10.5 Å². The van der Waals surface area contributed by atoms with Gasteiger partial charge in [0, 0.05) is 12.2 Å². The molecule has 6 heteroatoms. The predicted molar refractivity (Wildman–Crippen MR) is 71.3 cm³/mol. The molecular formula is C13H17N3O3. The lowest BCUT2D eigenvalue weighted by molar-refractivity contribution is -0.120. The van der Waals surface area contributed by atoms with E-state index < -0.39 is 6.04 Å². The lowest BCUT2D eigenvalue weighted by Gasteiger charge is -2.13. The number of benzene rings is 1. The van der Waals surface area contributed by atoms with Crippen molar-refractivity contribution in [3.8, 4) is 5.75 Å². The largest absolute Gasteiger partial charge is 0.497 e. The maximum Gasteiger partial charge on any atom is 0.319 e. The van der Waals surface area contributed by atoms with Crippen molar-refractivity contribution in [1.82, 2.24) is 10.6 Å². The molecule has 0 aliphatic carbocycles. The fourth-order valence-electron chi connectivity index (χ4n) is 1.95. The molecule has 1 aromatic carbocycles. The molecule has 0 radical (unpaired) electrons.